The van der Waals surface area contributed by atoms with E-state index in [2.05, 4.69) is 62.1 Å². The first-order valence-electron chi connectivity index (χ1n) is 14.3. The quantitative estimate of drug-likeness (QED) is 0.141. The summed E-state index contributed by atoms with van der Waals surface area (Å²) in [6, 6.07) is 22.2. The maximum absolute atomic E-state index is 12.6. The first-order chi connectivity index (χ1) is 22.4. The molecular weight excluding hydrogens is 617 g/mol. The lowest BCUT2D eigenvalue weighted by atomic mass is 10.1. The molecule has 0 radical (unpaired) electrons. The van der Waals surface area contributed by atoms with Gasteiger partial charge in [-0.3, -0.25) is 9.59 Å². The van der Waals surface area contributed by atoms with Crippen molar-refractivity contribution >= 4 is 56.8 Å². The summed E-state index contributed by atoms with van der Waals surface area (Å²) >= 11 is 3.38. The number of fused-ring (bicyclic) bond motifs is 2. The molecule has 7 rings (SSSR count). The average Bonchev–Trinajstić information content (AvgIpc) is 3.87. The summed E-state index contributed by atoms with van der Waals surface area (Å²) in [4.78, 5) is 27.5. The summed E-state index contributed by atoms with van der Waals surface area (Å²) in [5, 5.41) is 12.3. The Bertz CT molecular complexity index is 2090. The third-order valence-corrected chi connectivity index (χ3v) is 9.54. The Labute approximate surface area is 271 Å². The van der Waals surface area contributed by atoms with E-state index in [9.17, 15) is 9.59 Å². The number of thiazole rings is 2. The van der Waals surface area contributed by atoms with E-state index in [0.717, 1.165) is 43.6 Å². The fourth-order valence-corrected chi connectivity index (χ4v) is 6.77. The molecule has 0 bridgehead atoms. The number of carbonyl (C=O) groups is 2. The van der Waals surface area contributed by atoms with Gasteiger partial charge in [0, 0.05) is 33.0 Å². The van der Waals surface area contributed by atoms with Crippen LogP contribution in [0.2, 0.25) is 0 Å². The zero-order valence-corrected chi connectivity index (χ0v) is 26.5. The van der Waals surface area contributed by atoms with Crippen molar-refractivity contribution in [3.05, 3.63) is 131 Å². The highest BCUT2D eigenvalue weighted by Gasteiger charge is 2.18. The molecular formula is C34H28N8O2S2+2. The highest BCUT2D eigenvalue weighted by Crippen LogP contribution is 2.21. The monoisotopic (exact) mass is 644 g/mol. The van der Waals surface area contributed by atoms with Crippen LogP contribution in [0.3, 0.4) is 0 Å². The molecule has 12 heteroatoms. The van der Waals surface area contributed by atoms with Crippen molar-refractivity contribution in [3.8, 4) is 22.5 Å². The van der Waals surface area contributed by atoms with E-state index in [1.807, 2.05) is 75.0 Å². The summed E-state index contributed by atoms with van der Waals surface area (Å²) in [7, 11) is 4.10. The number of imidazole rings is 2. The maximum Gasteiger partial charge on any atom is 0.345 e. The van der Waals surface area contributed by atoms with E-state index in [4.69, 9.17) is 0 Å². The molecule has 0 atom stereocenters. The van der Waals surface area contributed by atoms with Gasteiger partial charge in [0.2, 0.25) is 0 Å². The molecule has 2 N–H and O–H groups in total. The number of hydrazone groups is 2. The lowest BCUT2D eigenvalue weighted by Crippen LogP contribution is -2.28. The van der Waals surface area contributed by atoms with Crippen molar-refractivity contribution in [1.29, 1.82) is 0 Å². The van der Waals surface area contributed by atoms with Crippen LogP contribution in [0, 0.1) is 0 Å². The fourth-order valence-electron chi connectivity index (χ4n) is 5.16. The molecule has 0 aliphatic rings. The van der Waals surface area contributed by atoms with E-state index >= 15 is 0 Å². The summed E-state index contributed by atoms with van der Waals surface area (Å²) in [5.74, 6) is -0.757. The number of aromatic nitrogens is 4. The molecule has 0 saturated carbocycles. The SMILES string of the molecule is C[n+]1c(-c2ccc(/C=N/NC(=O)c3ccc(C(=O)N/N=C/c4ccc(-c5cn6ccsc6[n+]5C)cc4)cc3)cc2)cn2ccsc21. The number of aryl methyl sites for hydroxylation is 2. The van der Waals surface area contributed by atoms with Gasteiger partial charge >= 0.3 is 9.92 Å². The molecule has 4 aromatic heterocycles. The second-order valence-electron chi connectivity index (χ2n) is 10.6. The van der Waals surface area contributed by atoms with Gasteiger partial charge in [0.25, 0.3) is 11.8 Å². The number of hydrogen-bond donors (Lipinski definition) is 2. The predicted molar refractivity (Wildman–Crippen MR) is 180 cm³/mol. The normalized spacial score (nSPS) is 11.7. The van der Waals surface area contributed by atoms with Gasteiger partial charge in [0.1, 0.15) is 24.8 Å². The molecule has 3 aromatic carbocycles. The molecule has 0 saturated heterocycles. The molecule has 0 spiro atoms. The van der Waals surface area contributed by atoms with Crippen molar-refractivity contribution in [1.82, 2.24) is 19.7 Å². The predicted octanol–water partition coefficient (Wildman–Crippen LogP) is 4.83. The molecule has 4 heterocycles. The zero-order chi connectivity index (χ0) is 31.6. The molecule has 0 fully saturated rings. The minimum atomic E-state index is -0.379. The minimum Gasteiger partial charge on any atom is -0.267 e. The van der Waals surface area contributed by atoms with Gasteiger partial charge in [-0.25, -0.2) is 20.0 Å². The Morgan fingerprint density at radius 3 is 1.39 bits per heavy atom. The smallest absolute Gasteiger partial charge is 0.267 e. The highest BCUT2D eigenvalue weighted by atomic mass is 32.1. The van der Waals surface area contributed by atoms with Crippen LogP contribution in [0.4, 0.5) is 0 Å². The average molecular weight is 645 g/mol. The molecule has 226 valence electrons. The van der Waals surface area contributed by atoms with Crippen molar-refractivity contribution in [2.24, 2.45) is 24.3 Å². The molecule has 0 unspecified atom stereocenters. The number of rotatable bonds is 8. The molecule has 0 aliphatic carbocycles. The summed E-state index contributed by atoms with van der Waals surface area (Å²) < 4.78 is 8.52. The van der Waals surface area contributed by atoms with Crippen LogP contribution >= 0.6 is 22.7 Å². The first-order valence-corrected chi connectivity index (χ1v) is 16.1. The van der Waals surface area contributed by atoms with Crippen LogP contribution in [0.5, 0.6) is 0 Å². The number of amides is 2. The molecule has 10 nitrogen and oxygen atoms in total. The van der Waals surface area contributed by atoms with Crippen LogP contribution in [0.25, 0.3) is 32.4 Å². The third kappa shape index (κ3) is 5.74. The highest BCUT2D eigenvalue weighted by molar-refractivity contribution is 7.15. The van der Waals surface area contributed by atoms with Gasteiger partial charge in [-0.05, 0) is 59.7 Å². The number of nitrogens with zero attached hydrogens (tertiary/aromatic N) is 6. The number of hydrogen-bond acceptors (Lipinski definition) is 6. The first kappa shape index (κ1) is 29.0. The topological polar surface area (TPSA) is 99.5 Å². The number of nitrogens with one attached hydrogen (secondary N) is 2. The second-order valence-corrected chi connectivity index (χ2v) is 12.3. The molecule has 2 amide bonds. The van der Waals surface area contributed by atoms with Crippen LogP contribution in [-0.4, -0.2) is 33.0 Å². The number of carbonyl (C=O) groups excluding carboxylic acids is 2. The Balaban J connectivity index is 0.907. The molecule has 46 heavy (non-hydrogen) atoms. The van der Waals surface area contributed by atoms with Gasteiger partial charge in [-0.1, -0.05) is 46.9 Å². The van der Waals surface area contributed by atoms with E-state index in [1.165, 1.54) is 0 Å². The van der Waals surface area contributed by atoms with E-state index in [1.54, 1.807) is 59.4 Å². The van der Waals surface area contributed by atoms with Gasteiger partial charge in [0.05, 0.1) is 26.5 Å². The minimum absolute atomic E-state index is 0.379. The maximum atomic E-state index is 12.6. The molecule has 0 aliphatic heterocycles. The summed E-state index contributed by atoms with van der Waals surface area (Å²) in [6.45, 7) is 0. The second kappa shape index (κ2) is 12.3. The Morgan fingerprint density at radius 2 is 1.02 bits per heavy atom. The summed E-state index contributed by atoms with van der Waals surface area (Å²) in [5.41, 5.74) is 11.9. The Kier molecular flexibility index (Phi) is 7.79. The fraction of sp³-hybridized carbons (Fsp3) is 0.0588. The lowest BCUT2D eigenvalue weighted by molar-refractivity contribution is -0.631. The van der Waals surface area contributed by atoms with Crippen LogP contribution in [0.1, 0.15) is 31.8 Å². The van der Waals surface area contributed by atoms with E-state index in [0.29, 0.717) is 11.1 Å². The Hall–Kier alpha value is -5.72. The third-order valence-electron chi connectivity index (χ3n) is 7.63. The van der Waals surface area contributed by atoms with Crippen molar-refractivity contribution in [3.63, 3.8) is 0 Å². The van der Waals surface area contributed by atoms with Crippen LogP contribution in [0.15, 0.2) is 119 Å². The standard InChI is InChI=1S/C34H26N8O2S2/c1-39-29(21-41-15-17-45-33(39)41)25-7-3-23(4-8-25)19-35-37-31(43)27-11-13-28(14-12-27)32(44)38-36-20-24-5-9-26(10-6-24)30-22-42-16-18-46-34(42)40(30)2/h3-22H,1-2H3/p+2/b35-19+,36-20+. The van der Waals surface area contributed by atoms with E-state index in [-0.39, 0.29) is 11.8 Å². The van der Waals surface area contributed by atoms with Gasteiger partial charge in [-0.2, -0.15) is 19.0 Å². The largest absolute Gasteiger partial charge is 0.345 e. The van der Waals surface area contributed by atoms with Crippen LogP contribution < -0.4 is 20.0 Å². The zero-order valence-electron chi connectivity index (χ0n) is 24.9. The van der Waals surface area contributed by atoms with Crippen molar-refractivity contribution in [2.75, 3.05) is 0 Å². The van der Waals surface area contributed by atoms with Gasteiger partial charge in [0.15, 0.2) is 11.4 Å². The number of benzene rings is 3. The van der Waals surface area contributed by atoms with E-state index < -0.39 is 0 Å². The van der Waals surface area contributed by atoms with Gasteiger partial charge < -0.3 is 0 Å². The lowest BCUT2D eigenvalue weighted by Gasteiger charge is -2.03. The van der Waals surface area contributed by atoms with Gasteiger partial charge in [-0.15, -0.1) is 0 Å². The molecule has 7 aromatic rings. The van der Waals surface area contributed by atoms with Crippen LogP contribution in [-0.2, 0) is 14.1 Å². The van der Waals surface area contributed by atoms with Crippen molar-refractivity contribution < 1.29 is 18.7 Å². The summed E-state index contributed by atoms with van der Waals surface area (Å²) in [6.07, 6.45) is 11.5. The van der Waals surface area contributed by atoms with Crippen molar-refractivity contribution in [2.45, 2.75) is 0 Å². The Morgan fingerprint density at radius 1 is 0.630 bits per heavy atom.